The molecule has 20 heavy (non-hydrogen) atoms. The largest absolute Gasteiger partial charge is 0.456 e. The first-order chi connectivity index (χ1) is 9.40. The molecule has 0 saturated carbocycles. The number of amides is 1. The van der Waals surface area contributed by atoms with E-state index in [1.54, 1.807) is 6.07 Å². The van der Waals surface area contributed by atoms with Crippen LogP contribution in [0.25, 0.3) is 0 Å². The number of carbonyl (C=O) groups excluding carboxylic acids is 3. The number of benzene rings is 1. The molecule has 0 fully saturated rings. The number of ketones is 1. The molecule has 108 valence electrons. The van der Waals surface area contributed by atoms with Crippen LogP contribution in [0.5, 0.6) is 0 Å². The lowest BCUT2D eigenvalue weighted by molar-refractivity contribution is -0.148. The van der Waals surface area contributed by atoms with Gasteiger partial charge in [0, 0.05) is 12.1 Å². The molecule has 0 atom stereocenters. The summed E-state index contributed by atoms with van der Waals surface area (Å²) in [5, 5.41) is 2.69. The fourth-order valence-corrected chi connectivity index (χ4v) is 1.57. The van der Waals surface area contributed by atoms with Crippen LogP contribution in [-0.4, -0.2) is 24.3 Å². The predicted octanol–water partition coefficient (Wildman–Crippen LogP) is 2.15. The number of rotatable bonds is 6. The van der Waals surface area contributed by atoms with Crippen molar-refractivity contribution in [2.75, 3.05) is 11.9 Å². The third-order valence-electron chi connectivity index (χ3n) is 2.92. The maximum absolute atomic E-state index is 11.7. The summed E-state index contributed by atoms with van der Waals surface area (Å²) in [5.41, 5.74) is 2.75. The number of hydrogen-bond donors (Lipinski definition) is 1. The van der Waals surface area contributed by atoms with E-state index in [-0.39, 0.29) is 25.2 Å². The Morgan fingerprint density at radius 2 is 1.85 bits per heavy atom. The topological polar surface area (TPSA) is 72.5 Å². The monoisotopic (exact) mass is 277 g/mol. The number of nitrogens with one attached hydrogen (secondary N) is 1. The van der Waals surface area contributed by atoms with Crippen LogP contribution >= 0.6 is 0 Å². The van der Waals surface area contributed by atoms with Crippen LogP contribution in [0.2, 0.25) is 0 Å². The molecule has 5 heteroatoms. The first-order valence-corrected chi connectivity index (χ1v) is 6.41. The van der Waals surface area contributed by atoms with Gasteiger partial charge in [-0.15, -0.1) is 0 Å². The lowest BCUT2D eigenvalue weighted by Crippen LogP contribution is -2.21. The summed E-state index contributed by atoms with van der Waals surface area (Å²) in [4.78, 5) is 33.6. The Balaban J connectivity index is 2.42. The van der Waals surface area contributed by atoms with Crippen molar-refractivity contribution < 1.29 is 19.1 Å². The number of carbonyl (C=O) groups is 3. The Kier molecular flexibility index (Phi) is 5.90. The zero-order valence-electron chi connectivity index (χ0n) is 12.0. The molecule has 0 aromatic heterocycles. The van der Waals surface area contributed by atoms with E-state index in [1.807, 2.05) is 26.0 Å². The van der Waals surface area contributed by atoms with Crippen molar-refractivity contribution in [3.8, 4) is 0 Å². The van der Waals surface area contributed by atoms with Crippen LogP contribution in [0.3, 0.4) is 0 Å². The molecule has 5 nitrogen and oxygen atoms in total. The average Bonchev–Trinajstić information content (AvgIpc) is 2.39. The summed E-state index contributed by atoms with van der Waals surface area (Å²) in [6.45, 7) is 4.92. The second kappa shape index (κ2) is 7.43. The van der Waals surface area contributed by atoms with Crippen LogP contribution in [-0.2, 0) is 19.1 Å². The number of Topliss-reactive ketones (excluding diaryl/α,β-unsaturated/α-hetero) is 1. The van der Waals surface area contributed by atoms with Gasteiger partial charge in [-0.05, 0) is 38.0 Å². The number of aryl methyl sites for hydroxylation is 1. The highest BCUT2D eigenvalue weighted by Crippen LogP contribution is 2.17. The highest BCUT2D eigenvalue weighted by atomic mass is 16.5. The SMILES string of the molecule is CC(=O)CCC(=O)OCC(=O)Nc1cccc(C)c1C. The fraction of sp³-hybridized carbons (Fsp3) is 0.400. The maximum Gasteiger partial charge on any atom is 0.306 e. The molecule has 0 heterocycles. The van der Waals surface area contributed by atoms with Crippen molar-refractivity contribution in [1.82, 2.24) is 0 Å². The van der Waals surface area contributed by atoms with E-state index in [0.29, 0.717) is 5.69 Å². The molecule has 1 aromatic carbocycles. The van der Waals surface area contributed by atoms with Crippen LogP contribution in [0.15, 0.2) is 18.2 Å². The van der Waals surface area contributed by atoms with Crippen LogP contribution < -0.4 is 5.32 Å². The Labute approximate surface area is 118 Å². The van der Waals surface area contributed by atoms with Gasteiger partial charge in [0.15, 0.2) is 6.61 Å². The van der Waals surface area contributed by atoms with Crippen LogP contribution in [0.4, 0.5) is 5.69 Å². The van der Waals surface area contributed by atoms with Gasteiger partial charge in [-0.25, -0.2) is 0 Å². The summed E-state index contributed by atoms with van der Waals surface area (Å²) < 4.78 is 4.79. The van der Waals surface area contributed by atoms with Gasteiger partial charge >= 0.3 is 5.97 Å². The minimum absolute atomic E-state index is 0.00604. The predicted molar refractivity (Wildman–Crippen MR) is 75.4 cm³/mol. The molecule has 0 aliphatic rings. The van der Waals surface area contributed by atoms with Crippen molar-refractivity contribution in [1.29, 1.82) is 0 Å². The molecular weight excluding hydrogens is 258 g/mol. The molecule has 1 N–H and O–H groups in total. The highest BCUT2D eigenvalue weighted by molar-refractivity contribution is 5.93. The van der Waals surface area contributed by atoms with Gasteiger partial charge in [-0.1, -0.05) is 12.1 Å². The van der Waals surface area contributed by atoms with Crippen molar-refractivity contribution in [3.05, 3.63) is 29.3 Å². The Morgan fingerprint density at radius 1 is 1.15 bits per heavy atom. The maximum atomic E-state index is 11.7. The number of ether oxygens (including phenoxy) is 1. The molecule has 0 spiro atoms. The van der Waals surface area contributed by atoms with Crippen molar-refractivity contribution in [3.63, 3.8) is 0 Å². The zero-order chi connectivity index (χ0) is 15.1. The van der Waals surface area contributed by atoms with Crippen molar-refractivity contribution in [2.45, 2.75) is 33.6 Å². The average molecular weight is 277 g/mol. The van der Waals surface area contributed by atoms with Gasteiger partial charge in [-0.2, -0.15) is 0 Å². The van der Waals surface area contributed by atoms with Crippen LogP contribution in [0.1, 0.15) is 30.9 Å². The van der Waals surface area contributed by atoms with Gasteiger partial charge in [0.2, 0.25) is 0 Å². The van der Waals surface area contributed by atoms with Gasteiger partial charge < -0.3 is 14.8 Å². The molecular formula is C15H19NO4. The van der Waals surface area contributed by atoms with E-state index in [1.165, 1.54) is 6.92 Å². The van der Waals surface area contributed by atoms with E-state index in [4.69, 9.17) is 4.74 Å². The molecule has 0 unspecified atom stereocenters. The minimum atomic E-state index is -0.545. The van der Waals surface area contributed by atoms with E-state index < -0.39 is 11.9 Å². The van der Waals surface area contributed by atoms with Crippen LogP contribution in [0, 0.1) is 13.8 Å². The van der Waals surface area contributed by atoms with E-state index in [0.717, 1.165) is 11.1 Å². The summed E-state index contributed by atoms with van der Waals surface area (Å²) in [5.74, 6) is -1.02. The Bertz CT molecular complexity index is 523. The molecule has 0 aliphatic heterocycles. The summed E-state index contributed by atoms with van der Waals surface area (Å²) in [6, 6.07) is 5.58. The second-order valence-electron chi connectivity index (χ2n) is 4.66. The third kappa shape index (κ3) is 5.22. The van der Waals surface area contributed by atoms with E-state index in [9.17, 15) is 14.4 Å². The molecule has 1 amide bonds. The molecule has 0 bridgehead atoms. The molecule has 1 aromatic rings. The van der Waals surface area contributed by atoms with E-state index >= 15 is 0 Å². The number of esters is 1. The van der Waals surface area contributed by atoms with Gasteiger partial charge in [0.1, 0.15) is 5.78 Å². The molecule has 0 aliphatic carbocycles. The third-order valence-corrected chi connectivity index (χ3v) is 2.92. The van der Waals surface area contributed by atoms with Crippen molar-refractivity contribution >= 4 is 23.3 Å². The number of anilines is 1. The first kappa shape index (κ1) is 15.9. The smallest absolute Gasteiger partial charge is 0.306 e. The molecule has 0 saturated heterocycles. The molecule has 1 rings (SSSR count). The Morgan fingerprint density at radius 3 is 2.50 bits per heavy atom. The van der Waals surface area contributed by atoms with Gasteiger partial charge in [0.05, 0.1) is 6.42 Å². The summed E-state index contributed by atoms with van der Waals surface area (Å²) in [7, 11) is 0. The van der Waals surface area contributed by atoms with Gasteiger partial charge in [0.25, 0.3) is 5.91 Å². The lowest BCUT2D eigenvalue weighted by Gasteiger charge is -2.10. The fourth-order valence-electron chi connectivity index (χ4n) is 1.57. The first-order valence-electron chi connectivity index (χ1n) is 6.41. The standard InChI is InChI=1S/C15H19NO4/c1-10-5-4-6-13(12(10)3)16-14(18)9-20-15(19)8-7-11(2)17/h4-6H,7-9H2,1-3H3,(H,16,18). The zero-order valence-corrected chi connectivity index (χ0v) is 12.0. The Hall–Kier alpha value is -2.17. The second-order valence-corrected chi connectivity index (χ2v) is 4.66. The molecule has 0 radical (unpaired) electrons. The summed E-state index contributed by atoms with van der Waals surface area (Å²) >= 11 is 0. The lowest BCUT2D eigenvalue weighted by atomic mass is 10.1. The van der Waals surface area contributed by atoms with Gasteiger partial charge in [-0.3, -0.25) is 9.59 Å². The minimum Gasteiger partial charge on any atom is -0.456 e. The normalized spacial score (nSPS) is 9.95. The highest BCUT2D eigenvalue weighted by Gasteiger charge is 2.10. The number of hydrogen-bond acceptors (Lipinski definition) is 4. The van der Waals surface area contributed by atoms with E-state index in [2.05, 4.69) is 5.32 Å². The summed E-state index contributed by atoms with van der Waals surface area (Å²) in [6.07, 6.45) is 0.142. The van der Waals surface area contributed by atoms with Crippen molar-refractivity contribution in [2.24, 2.45) is 0 Å². The quantitative estimate of drug-likeness (QED) is 0.809.